The van der Waals surface area contributed by atoms with Gasteiger partial charge in [0.1, 0.15) is 0 Å². The van der Waals surface area contributed by atoms with Gasteiger partial charge in [0, 0.05) is 0 Å². The molecule has 0 aromatic heterocycles. The minimum atomic E-state index is -4.88. The van der Waals surface area contributed by atoms with Gasteiger partial charge in [0.2, 0.25) is 0 Å². The van der Waals surface area contributed by atoms with Crippen LogP contribution in [0, 0.1) is 0 Å². The van der Waals surface area contributed by atoms with Crippen molar-refractivity contribution in [2.75, 3.05) is 0 Å². The molecule has 6 rings (SSSR count). The van der Waals surface area contributed by atoms with Gasteiger partial charge in [-0.15, -0.1) is 0 Å². The maximum absolute atomic E-state index is 8.40. The zero-order valence-corrected chi connectivity index (χ0v) is 24.1. The number of hydrogen-bond donors (Lipinski definition) is 0. The van der Waals surface area contributed by atoms with Crippen LogP contribution in [0.4, 0.5) is 0 Å². The standard InChI is InChI=1S/C15H15.C13H9.C5H5.2ClH.Zr/c1-3-8-14(9-4-1)12-7-13-15-10-5-2-6-11-15;1-3-7-12-10(5-1)9-11-6-2-4-8-13(11)12;1-2-4-5-3-1;;;/h1-11H,12-13H2;1-9H;1-5H;2*1H;/q;;;;;+2/p-2. The first-order valence-electron chi connectivity index (χ1n) is 12.7. The fourth-order valence-electron chi connectivity index (χ4n) is 6.51. The van der Waals surface area contributed by atoms with Crippen LogP contribution in [0.5, 0.6) is 0 Å². The number of rotatable bonds is 7. The second-order valence-corrected chi connectivity index (χ2v) is 32.4. The fourth-order valence-corrected chi connectivity index (χ4v) is 25.9. The average molecular weight is 588 g/mol. The zero-order valence-electron chi connectivity index (χ0n) is 20.1. The molecule has 0 radical (unpaired) electrons. The third kappa shape index (κ3) is 4.01. The van der Waals surface area contributed by atoms with E-state index in [1.54, 1.807) is 0 Å². The molecule has 36 heavy (non-hydrogen) atoms. The van der Waals surface area contributed by atoms with Crippen molar-refractivity contribution in [3.63, 3.8) is 0 Å². The molecule has 3 heteroatoms. The van der Waals surface area contributed by atoms with Crippen molar-refractivity contribution in [2.45, 2.75) is 23.7 Å². The summed E-state index contributed by atoms with van der Waals surface area (Å²) in [6.45, 7) is 0. The molecule has 0 aliphatic heterocycles. The first-order chi connectivity index (χ1) is 17.6. The Hall–Kier alpha value is -2.18. The third-order valence-electron chi connectivity index (χ3n) is 8.20. The molecule has 0 bridgehead atoms. The van der Waals surface area contributed by atoms with Crippen molar-refractivity contribution in [1.29, 1.82) is 0 Å². The SMILES string of the molecule is [Cl][Zr]([Cl])([CH]1C=CC=C1)([CH](Cc1ccccc1)Cc1ccccc1)[CH]1c2ccccc2-c2ccccc21. The van der Waals surface area contributed by atoms with E-state index in [2.05, 4.69) is 133 Å². The average Bonchev–Trinajstić information content (AvgIpc) is 3.58. The summed E-state index contributed by atoms with van der Waals surface area (Å²) in [6, 6.07) is 39.1. The van der Waals surface area contributed by atoms with Gasteiger partial charge < -0.3 is 0 Å². The molecule has 2 aliphatic carbocycles. The second kappa shape index (κ2) is 9.61. The van der Waals surface area contributed by atoms with Crippen LogP contribution < -0.4 is 0 Å². The molecule has 0 fully saturated rings. The summed E-state index contributed by atoms with van der Waals surface area (Å²) in [5.74, 6) is 0. The Morgan fingerprint density at radius 1 is 0.556 bits per heavy atom. The van der Waals surface area contributed by atoms with Crippen molar-refractivity contribution in [3.8, 4) is 11.1 Å². The molecular formula is C33H29Cl2Zr. The molecular weight excluding hydrogens is 558 g/mol. The molecule has 4 aromatic rings. The Kier molecular flexibility index (Phi) is 6.45. The topological polar surface area (TPSA) is 0 Å². The van der Waals surface area contributed by atoms with E-state index in [-0.39, 0.29) is 10.9 Å². The monoisotopic (exact) mass is 585 g/mol. The molecule has 0 saturated carbocycles. The van der Waals surface area contributed by atoms with Gasteiger partial charge in [-0.25, -0.2) is 0 Å². The normalized spacial score (nSPS) is 16.1. The van der Waals surface area contributed by atoms with Gasteiger partial charge in [-0.1, -0.05) is 0 Å². The van der Waals surface area contributed by atoms with Crippen LogP contribution in [-0.2, 0) is 29.2 Å². The van der Waals surface area contributed by atoms with E-state index in [1.165, 1.54) is 33.4 Å². The molecule has 0 nitrogen and oxygen atoms in total. The Morgan fingerprint density at radius 2 is 0.972 bits per heavy atom. The van der Waals surface area contributed by atoms with Gasteiger partial charge >= 0.3 is 224 Å². The van der Waals surface area contributed by atoms with Crippen LogP contribution in [0.15, 0.2) is 133 Å². The van der Waals surface area contributed by atoms with E-state index in [4.69, 9.17) is 17.0 Å². The van der Waals surface area contributed by atoms with Crippen molar-refractivity contribution in [2.24, 2.45) is 0 Å². The molecule has 0 amide bonds. The van der Waals surface area contributed by atoms with Crippen molar-refractivity contribution in [3.05, 3.63) is 156 Å². The summed E-state index contributed by atoms with van der Waals surface area (Å²) in [6.07, 6.45) is 10.6. The fraction of sp³-hybridized carbons (Fsp3) is 0.152. The van der Waals surface area contributed by atoms with Gasteiger partial charge in [-0.2, -0.15) is 0 Å². The third-order valence-corrected chi connectivity index (χ3v) is 30.6. The Bertz CT molecular complexity index is 1340. The molecule has 0 unspecified atom stereocenters. The van der Waals surface area contributed by atoms with Crippen molar-refractivity contribution >= 4 is 17.0 Å². The summed E-state index contributed by atoms with van der Waals surface area (Å²) in [7, 11) is 16.8. The zero-order chi connectivity index (χ0) is 24.6. The Balaban J connectivity index is 1.60. The first kappa shape index (κ1) is 24.2. The summed E-state index contributed by atoms with van der Waals surface area (Å²) in [4.78, 5) is 0. The minimum absolute atomic E-state index is 0.0250. The maximum atomic E-state index is 8.40. The number of hydrogen-bond acceptors (Lipinski definition) is 0. The second-order valence-electron chi connectivity index (χ2n) is 10.2. The summed E-state index contributed by atoms with van der Waals surface area (Å²) in [5, 5.41) is 0. The van der Waals surface area contributed by atoms with Gasteiger partial charge in [-0.3, -0.25) is 0 Å². The molecule has 179 valence electrons. The molecule has 0 spiro atoms. The van der Waals surface area contributed by atoms with E-state index < -0.39 is 16.4 Å². The summed E-state index contributed by atoms with van der Waals surface area (Å²) in [5.41, 5.74) is 7.76. The van der Waals surface area contributed by atoms with Crippen LogP contribution in [0.1, 0.15) is 25.9 Å². The molecule has 4 aromatic carbocycles. The van der Waals surface area contributed by atoms with Crippen LogP contribution >= 0.6 is 17.0 Å². The van der Waals surface area contributed by atoms with Gasteiger partial charge in [-0.05, 0) is 0 Å². The van der Waals surface area contributed by atoms with Crippen molar-refractivity contribution < 1.29 is 16.4 Å². The number of benzene rings is 4. The van der Waals surface area contributed by atoms with E-state index in [0.29, 0.717) is 0 Å². The van der Waals surface area contributed by atoms with Crippen LogP contribution in [0.2, 0.25) is 7.25 Å². The first-order valence-corrected chi connectivity index (χ1v) is 23.3. The Morgan fingerprint density at radius 3 is 1.44 bits per heavy atom. The molecule has 0 N–H and O–H groups in total. The van der Waals surface area contributed by atoms with E-state index in [9.17, 15) is 0 Å². The Labute approximate surface area is 222 Å². The molecule has 0 atom stereocenters. The van der Waals surface area contributed by atoms with E-state index in [1.807, 2.05) is 0 Å². The summed E-state index contributed by atoms with van der Waals surface area (Å²) >= 11 is -4.88. The number of fused-ring (bicyclic) bond motifs is 3. The number of halogens is 2. The quantitative estimate of drug-likeness (QED) is 0.202. The predicted molar refractivity (Wildman–Crippen MR) is 151 cm³/mol. The van der Waals surface area contributed by atoms with Crippen LogP contribution in [-0.4, -0.2) is 0 Å². The number of allylic oxidation sites excluding steroid dienone is 4. The molecule has 2 aliphatic rings. The van der Waals surface area contributed by atoms with Crippen molar-refractivity contribution in [1.82, 2.24) is 0 Å². The predicted octanol–water partition coefficient (Wildman–Crippen LogP) is 9.94. The molecule has 0 heterocycles. The van der Waals surface area contributed by atoms with E-state index in [0.717, 1.165) is 12.8 Å². The van der Waals surface area contributed by atoms with E-state index >= 15 is 0 Å². The van der Waals surface area contributed by atoms with Gasteiger partial charge in [0.25, 0.3) is 0 Å². The van der Waals surface area contributed by atoms with Crippen LogP contribution in [0.25, 0.3) is 11.1 Å². The summed E-state index contributed by atoms with van der Waals surface area (Å²) < 4.78 is 0.231. The molecule has 0 saturated heterocycles. The van der Waals surface area contributed by atoms with Crippen LogP contribution in [0.3, 0.4) is 0 Å². The van der Waals surface area contributed by atoms with Gasteiger partial charge in [0.05, 0.1) is 0 Å². The van der Waals surface area contributed by atoms with Gasteiger partial charge in [0.15, 0.2) is 0 Å².